The molecule has 32 heavy (non-hydrogen) atoms. The molecule has 2 aromatic heterocycles. The van der Waals surface area contributed by atoms with Gasteiger partial charge in [0.25, 0.3) is 0 Å². The molecule has 0 aliphatic rings. The van der Waals surface area contributed by atoms with Gasteiger partial charge in [0.05, 0.1) is 28.3 Å². The van der Waals surface area contributed by atoms with E-state index in [1.165, 1.54) is 13.0 Å². The second-order valence-electron chi connectivity index (χ2n) is 7.24. The van der Waals surface area contributed by atoms with Crippen LogP contribution in [0, 0.1) is 6.92 Å². The Bertz CT molecular complexity index is 1310. The Hall–Kier alpha value is -3.78. The number of H-pyrrole nitrogens is 1. The number of carbonyl (C=O) groups excluding carboxylic acids is 2. The fourth-order valence-corrected chi connectivity index (χ4v) is 3.65. The SMILES string of the molecule is CC(=O)NCCOc1ccc(-c2cc3c(C(=O)c4cc(C)no4)c(O)[nH]c3cc2Cl)cc1. The van der Waals surface area contributed by atoms with E-state index in [2.05, 4.69) is 15.5 Å². The molecule has 0 aliphatic heterocycles. The summed E-state index contributed by atoms with van der Waals surface area (Å²) in [6.45, 7) is 3.92. The predicted molar refractivity (Wildman–Crippen MR) is 119 cm³/mol. The molecule has 0 radical (unpaired) electrons. The second kappa shape index (κ2) is 8.76. The first-order valence-corrected chi connectivity index (χ1v) is 10.2. The number of hydrogen-bond donors (Lipinski definition) is 3. The fraction of sp³-hybridized carbons (Fsp3) is 0.174. The van der Waals surface area contributed by atoms with Gasteiger partial charge in [0.1, 0.15) is 12.4 Å². The van der Waals surface area contributed by atoms with Crippen molar-refractivity contribution < 1.29 is 24.0 Å². The van der Waals surface area contributed by atoms with Crippen molar-refractivity contribution >= 4 is 34.2 Å². The average Bonchev–Trinajstić information content (AvgIpc) is 3.32. The Balaban J connectivity index is 1.64. The minimum absolute atomic E-state index is 0.0379. The highest BCUT2D eigenvalue weighted by Gasteiger charge is 2.24. The van der Waals surface area contributed by atoms with E-state index in [0.29, 0.717) is 46.1 Å². The first-order chi connectivity index (χ1) is 15.3. The van der Waals surface area contributed by atoms with Crippen LogP contribution in [0.3, 0.4) is 0 Å². The van der Waals surface area contributed by atoms with Crippen molar-refractivity contribution in [2.24, 2.45) is 0 Å². The second-order valence-corrected chi connectivity index (χ2v) is 7.65. The van der Waals surface area contributed by atoms with Gasteiger partial charge in [0.2, 0.25) is 23.3 Å². The molecule has 8 nitrogen and oxygen atoms in total. The lowest BCUT2D eigenvalue weighted by molar-refractivity contribution is -0.119. The summed E-state index contributed by atoms with van der Waals surface area (Å²) in [6, 6.07) is 12.2. The number of halogens is 1. The van der Waals surface area contributed by atoms with Gasteiger partial charge in [-0.25, -0.2) is 0 Å². The number of rotatable bonds is 7. The fourth-order valence-electron chi connectivity index (χ4n) is 3.37. The van der Waals surface area contributed by atoms with Crippen molar-refractivity contribution in [3.63, 3.8) is 0 Å². The molecule has 0 fully saturated rings. The molecule has 4 rings (SSSR count). The summed E-state index contributed by atoms with van der Waals surface area (Å²) in [6.07, 6.45) is 0. The first kappa shape index (κ1) is 21.5. The standard InChI is InChI=1S/C23H20ClN3O5/c1-12-9-20(32-27-12)22(29)21-17-10-16(18(24)11-19(17)26-23(21)30)14-3-5-15(6-4-14)31-8-7-25-13(2)28/h3-6,9-11,26,30H,7-8H2,1-2H3,(H,25,28). The van der Waals surface area contributed by atoms with E-state index in [9.17, 15) is 14.7 Å². The summed E-state index contributed by atoms with van der Waals surface area (Å²) in [5.41, 5.74) is 2.67. The number of ether oxygens (including phenoxy) is 1. The minimum Gasteiger partial charge on any atom is -0.494 e. The number of ketones is 1. The third kappa shape index (κ3) is 4.31. The minimum atomic E-state index is -0.481. The highest BCUT2D eigenvalue weighted by Crippen LogP contribution is 2.37. The summed E-state index contributed by atoms with van der Waals surface area (Å²) in [5.74, 6) is -0.176. The molecule has 0 atom stereocenters. The maximum Gasteiger partial charge on any atom is 0.237 e. The molecule has 2 aromatic carbocycles. The van der Waals surface area contributed by atoms with Gasteiger partial charge in [-0.3, -0.25) is 9.59 Å². The number of nitrogens with one attached hydrogen (secondary N) is 2. The largest absolute Gasteiger partial charge is 0.494 e. The van der Waals surface area contributed by atoms with Crippen LogP contribution in [0.15, 0.2) is 47.0 Å². The Morgan fingerprint density at radius 1 is 1.22 bits per heavy atom. The molecular weight excluding hydrogens is 434 g/mol. The van der Waals surface area contributed by atoms with Crippen LogP contribution >= 0.6 is 11.6 Å². The number of carbonyl (C=O) groups is 2. The Morgan fingerprint density at radius 3 is 2.62 bits per heavy atom. The Morgan fingerprint density at radius 2 is 1.97 bits per heavy atom. The van der Waals surface area contributed by atoms with Crippen molar-refractivity contribution in [2.75, 3.05) is 13.2 Å². The first-order valence-electron chi connectivity index (χ1n) is 9.83. The van der Waals surface area contributed by atoms with Gasteiger partial charge in [-0.2, -0.15) is 0 Å². The van der Waals surface area contributed by atoms with Crippen LogP contribution in [0.25, 0.3) is 22.0 Å². The maximum atomic E-state index is 12.9. The van der Waals surface area contributed by atoms with E-state index in [0.717, 1.165) is 5.56 Å². The molecule has 4 aromatic rings. The lowest BCUT2D eigenvalue weighted by Gasteiger charge is -2.09. The third-order valence-electron chi connectivity index (χ3n) is 4.86. The topological polar surface area (TPSA) is 117 Å². The molecule has 0 unspecified atom stereocenters. The van der Waals surface area contributed by atoms with E-state index in [1.54, 1.807) is 31.2 Å². The monoisotopic (exact) mass is 453 g/mol. The molecule has 0 saturated carbocycles. The molecule has 2 heterocycles. The molecular formula is C23H20ClN3O5. The van der Waals surface area contributed by atoms with Gasteiger partial charge >= 0.3 is 0 Å². The van der Waals surface area contributed by atoms with Crippen molar-refractivity contribution in [3.05, 3.63) is 64.5 Å². The third-order valence-corrected chi connectivity index (χ3v) is 5.17. The molecule has 0 bridgehead atoms. The Labute approximate surface area is 188 Å². The summed E-state index contributed by atoms with van der Waals surface area (Å²) in [5, 5.41) is 17.7. The predicted octanol–water partition coefficient (Wildman–Crippen LogP) is 4.24. The van der Waals surface area contributed by atoms with Gasteiger partial charge in [-0.05, 0) is 36.8 Å². The summed E-state index contributed by atoms with van der Waals surface area (Å²) in [4.78, 5) is 26.6. The molecule has 1 amide bonds. The lowest BCUT2D eigenvalue weighted by Crippen LogP contribution is -2.25. The molecule has 9 heteroatoms. The number of hydrogen-bond acceptors (Lipinski definition) is 6. The van der Waals surface area contributed by atoms with E-state index >= 15 is 0 Å². The van der Waals surface area contributed by atoms with E-state index in [4.69, 9.17) is 20.9 Å². The van der Waals surface area contributed by atoms with Gasteiger partial charge in [-0.1, -0.05) is 28.9 Å². The average molecular weight is 454 g/mol. The number of benzene rings is 2. The van der Waals surface area contributed by atoms with Crippen LogP contribution in [0.2, 0.25) is 5.02 Å². The van der Waals surface area contributed by atoms with E-state index < -0.39 is 5.78 Å². The highest BCUT2D eigenvalue weighted by atomic mass is 35.5. The van der Waals surface area contributed by atoms with Gasteiger partial charge in [-0.15, -0.1) is 0 Å². The smallest absolute Gasteiger partial charge is 0.237 e. The lowest BCUT2D eigenvalue weighted by atomic mass is 10.0. The van der Waals surface area contributed by atoms with Crippen LogP contribution in [0.5, 0.6) is 11.6 Å². The maximum absolute atomic E-state index is 12.9. The molecule has 3 N–H and O–H groups in total. The van der Waals surface area contributed by atoms with Gasteiger partial charge in [0.15, 0.2) is 0 Å². The van der Waals surface area contributed by atoms with Crippen LogP contribution in [0.1, 0.15) is 28.7 Å². The summed E-state index contributed by atoms with van der Waals surface area (Å²) in [7, 11) is 0. The van der Waals surface area contributed by atoms with Gasteiger partial charge in [0, 0.05) is 23.9 Å². The zero-order chi connectivity index (χ0) is 22.8. The number of amides is 1. The zero-order valence-corrected chi connectivity index (χ0v) is 18.1. The number of aromatic hydroxyl groups is 1. The Kier molecular flexibility index (Phi) is 5.87. The quantitative estimate of drug-likeness (QED) is 0.284. The molecule has 0 saturated heterocycles. The van der Waals surface area contributed by atoms with Crippen molar-refractivity contribution in [3.8, 4) is 22.8 Å². The van der Waals surface area contributed by atoms with Crippen molar-refractivity contribution in [1.82, 2.24) is 15.5 Å². The van der Waals surface area contributed by atoms with Crippen LogP contribution in [-0.2, 0) is 4.79 Å². The number of nitrogens with zero attached hydrogens (tertiary/aromatic N) is 1. The number of aryl methyl sites for hydroxylation is 1. The molecule has 0 aliphatic carbocycles. The zero-order valence-electron chi connectivity index (χ0n) is 17.4. The van der Waals surface area contributed by atoms with Gasteiger partial charge < -0.3 is 24.7 Å². The van der Waals surface area contributed by atoms with E-state index in [-0.39, 0.29) is 23.1 Å². The number of fused-ring (bicyclic) bond motifs is 1. The molecule has 0 spiro atoms. The van der Waals surface area contributed by atoms with Crippen LogP contribution in [-0.4, -0.2) is 40.1 Å². The van der Waals surface area contributed by atoms with Crippen LogP contribution in [0.4, 0.5) is 0 Å². The normalized spacial score (nSPS) is 11.0. The summed E-state index contributed by atoms with van der Waals surface area (Å²) < 4.78 is 10.7. The molecule has 164 valence electrons. The highest BCUT2D eigenvalue weighted by molar-refractivity contribution is 6.34. The van der Waals surface area contributed by atoms with E-state index in [1.807, 2.05) is 12.1 Å². The van der Waals surface area contributed by atoms with Crippen molar-refractivity contribution in [2.45, 2.75) is 13.8 Å². The number of aromatic nitrogens is 2. The number of aromatic amines is 1. The summed E-state index contributed by atoms with van der Waals surface area (Å²) >= 11 is 6.48. The van der Waals surface area contributed by atoms with Crippen molar-refractivity contribution in [1.29, 1.82) is 0 Å². The van der Waals surface area contributed by atoms with Crippen LogP contribution < -0.4 is 10.1 Å².